The van der Waals surface area contributed by atoms with Gasteiger partial charge in [0.1, 0.15) is 0 Å². The number of thiophene rings is 1. The van der Waals surface area contributed by atoms with Crippen LogP contribution in [0.25, 0.3) is 42.8 Å². The second-order valence-corrected chi connectivity index (χ2v) is 12.0. The van der Waals surface area contributed by atoms with Crippen LogP contribution in [0.2, 0.25) is 12.1 Å². The summed E-state index contributed by atoms with van der Waals surface area (Å²) in [7, 11) is -0.578. The summed E-state index contributed by atoms with van der Waals surface area (Å²) in [5.41, 5.74) is 5.08. The summed E-state index contributed by atoms with van der Waals surface area (Å²) in [6, 6.07) is 29.7. The van der Waals surface area contributed by atoms with Gasteiger partial charge in [0.05, 0.1) is 19.0 Å². The molecule has 0 saturated heterocycles. The zero-order chi connectivity index (χ0) is 21.9. The quantitative estimate of drug-likeness (QED) is 0.168. The monoisotopic (exact) mass is 508 g/mol. The molecule has 0 saturated carbocycles. The van der Waals surface area contributed by atoms with Crippen LogP contribution in [0, 0.1) is 6.07 Å². The molecule has 0 spiro atoms. The van der Waals surface area contributed by atoms with Crippen molar-refractivity contribution in [3.05, 3.63) is 79.0 Å². The van der Waals surface area contributed by atoms with Crippen molar-refractivity contribution in [2.45, 2.75) is 38.8 Å². The summed E-state index contributed by atoms with van der Waals surface area (Å²) >= 11 is 1.87. The molecule has 0 aliphatic heterocycles. The van der Waals surface area contributed by atoms with Gasteiger partial charge in [-0.1, -0.05) is 85.4 Å². The van der Waals surface area contributed by atoms with E-state index in [0.717, 1.165) is 28.0 Å². The zero-order valence-corrected chi connectivity index (χ0v) is 21.7. The molecule has 0 unspecified atom stereocenters. The van der Waals surface area contributed by atoms with Crippen LogP contribution in [0.3, 0.4) is 0 Å². The molecule has 2 aromatic carbocycles. The van der Waals surface area contributed by atoms with E-state index >= 15 is 0 Å². The van der Waals surface area contributed by atoms with E-state index in [1.807, 2.05) is 35.7 Å². The first kappa shape index (κ1) is 23.8. The summed E-state index contributed by atoms with van der Waals surface area (Å²) < 4.78 is 2.63. The molecule has 3 heterocycles. The van der Waals surface area contributed by atoms with Gasteiger partial charge in [-0.25, -0.2) is 0 Å². The summed E-state index contributed by atoms with van der Waals surface area (Å²) in [6.45, 7) is 4.62. The molecule has 0 aliphatic rings. The summed E-state index contributed by atoms with van der Waals surface area (Å²) in [4.78, 5) is 9.69. The van der Waals surface area contributed by atoms with E-state index in [1.165, 1.54) is 39.7 Å². The number of hydrogen-bond donors (Lipinski definition) is 0. The van der Waals surface area contributed by atoms with E-state index in [2.05, 4.69) is 73.4 Å². The molecule has 5 heteroatoms. The van der Waals surface area contributed by atoms with Crippen molar-refractivity contribution in [3.8, 4) is 22.5 Å². The molecule has 0 N–H and O–H groups in total. The average molecular weight is 509 g/mol. The Morgan fingerprint density at radius 2 is 1.55 bits per heavy atom. The maximum absolute atomic E-state index is 5.21. The molecule has 5 aromatic rings. The Kier molecular flexibility index (Phi) is 7.75. The number of rotatable bonds is 7. The second kappa shape index (κ2) is 10.7. The minimum atomic E-state index is -0.578. The molecule has 5 rings (SSSR count). The minimum absolute atomic E-state index is 0. The van der Waals surface area contributed by atoms with E-state index in [0.29, 0.717) is 0 Å². The Hall–Kier alpha value is -2.33. The van der Waals surface area contributed by atoms with Gasteiger partial charge in [-0.05, 0) is 18.2 Å². The van der Waals surface area contributed by atoms with Crippen molar-refractivity contribution in [1.82, 2.24) is 9.97 Å². The standard InChI is InChI=1S/C28H26N2SSi.Ni/c1-3-17-32(18-4-2)26-13-8-12-24-27(26)28-25(31-24)15-14-23(30-28)21-10-7-9-20(19-21)22-11-5-6-16-29-22;/h5-16H,3-4,17-18H2,1-2H3;/q-1;. The molecular weight excluding hydrogens is 483 g/mol. The van der Waals surface area contributed by atoms with Crippen LogP contribution in [0.15, 0.2) is 72.9 Å². The molecule has 0 fully saturated rings. The van der Waals surface area contributed by atoms with E-state index in [4.69, 9.17) is 4.98 Å². The SMILES string of the molecule is CCC[Si](CCC)c1cccc2sc3ccc(-c4[c-]c(-c5ccccn5)ccc4)nc3c12.[Ni]. The Labute approximate surface area is 211 Å². The molecule has 169 valence electrons. The second-order valence-electron chi connectivity index (χ2n) is 8.12. The topological polar surface area (TPSA) is 25.8 Å². The molecule has 0 amide bonds. The summed E-state index contributed by atoms with van der Waals surface area (Å²) in [5, 5.41) is 2.96. The van der Waals surface area contributed by atoms with Crippen molar-refractivity contribution >= 4 is 45.6 Å². The molecular formula is C28H26N2NiSSi-. The van der Waals surface area contributed by atoms with Crippen LogP contribution in [-0.2, 0) is 16.5 Å². The number of pyridine rings is 2. The van der Waals surface area contributed by atoms with E-state index in [1.54, 1.807) is 5.19 Å². The fourth-order valence-corrected chi connectivity index (χ4v) is 8.52. The van der Waals surface area contributed by atoms with Gasteiger partial charge in [0.2, 0.25) is 0 Å². The first-order chi connectivity index (χ1) is 15.8. The van der Waals surface area contributed by atoms with Gasteiger partial charge in [-0.15, -0.1) is 35.6 Å². The van der Waals surface area contributed by atoms with Gasteiger partial charge in [0.25, 0.3) is 0 Å². The number of fused-ring (bicyclic) bond motifs is 3. The summed E-state index contributed by atoms with van der Waals surface area (Å²) in [5.74, 6) is 0. The van der Waals surface area contributed by atoms with Crippen LogP contribution >= 0.6 is 11.3 Å². The molecule has 0 bridgehead atoms. The Morgan fingerprint density at radius 1 is 0.788 bits per heavy atom. The molecule has 0 atom stereocenters. The van der Waals surface area contributed by atoms with Crippen molar-refractivity contribution in [1.29, 1.82) is 0 Å². The van der Waals surface area contributed by atoms with Gasteiger partial charge in [0, 0.05) is 44.2 Å². The Morgan fingerprint density at radius 3 is 2.27 bits per heavy atom. The predicted octanol–water partition coefficient (Wildman–Crippen LogP) is 7.50. The van der Waals surface area contributed by atoms with Crippen LogP contribution in [0.5, 0.6) is 0 Å². The maximum Gasteiger partial charge on any atom is 0.0866 e. The van der Waals surface area contributed by atoms with E-state index < -0.39 is 8.80 Å². The van der Waals surface area contributed by atoms with Crippen LogP contribution in [0.4, 0.5) is 0 Å². The number of aromatic nitrogens is 2. The van der Waals surface area contributed by atoms with Crippen molar-refractivity contribution in [3.63, 3.8) is 0 Å². The first-order valence-corrected chi connectivity index (χ1v) is 14.1. The minimum Gasteiger partial charge on any atom is -0.295 e. The smallest absolute Gasteiger partial charge is 0.0866 e. The molecule has 33 heavy (non-hydrogen) atoms. The van der Waals surface area contributed by atoms with Gasteiger partial charge in [-0.3, -0.25) is 9.97 Å². The fraction of sp³-hybridized carbons (Fsp3) is 0.214. The molecule has 3 aromatic heterocycles. The Balaban J connectivity index is 0.00000259. The molecule has 0 aliphatic carbocycles. The summed E-state index contributed by atoms with van der Waals surface area (Å²) in [6.07, 6.45) is 4.33. The normalized spacial score (nSPS) is 11.2. The number of benzene rings is 2. The van der Waals surface area contributed by atoms with Gasteiger partial charge in [0.15, 0.2) is 0 Å². The van der Waals surface area contributed by atoms with Gasteiger partial charge in [-0.2, -0.15) is 0 Å². The largest absolute Gasteiger partial charge is 0.295 e. The first-order valence-electron chi connectivity index (χ1n) is 11.4. The zero-order valence-electron chi connectivity index (χ0n) is 18.9. The van der Waals surface area contributed by atoms with Crippen LogP contribution in [0.1, 0.15) is 26.7 Å². The number of hydrogen-bond acceptors (Lipinski definition) is 3. The van der Waals surface area contributed by atoms with Gasteiger partial charge >= 0.3 is 0 Å². The third-order valence-electron chi connectivity index (χ3n) is 5.84. The molecule has 2 nitrogen and oxygen atoms in total. The molecule has 1 radical (unpaired) electrons. The van der Waals surface area contributed by atoms with Crippen LogP contribution in [-0.4, -0.2) is 18.8 Å². The maximum atomic E-state index is 5.21. The van der Waals surface area contributed by atoms with Crippen molar-refractivity contribution < 1.29 is 16.5 Å². The fourth-order valence-electron chi connectivity index (χ4n) is 4.42. The van der Waals surface area contributed by atoms with E-state index in [-0.39, 0.29) is 16.5 Å². The number of nitrogens with zero attached hydrogens (tertiary/aromatic N) is 2. The van der Waals surface area contributed by atoms with Gasteiger partial charge < -0.3 is 0 Å². The average Bonchev–Trinajstić information content (AvgIpc) is 3.23. The van der Waals surface area contributed by atoms with E-state index in [9.17, 15) is 0 Å². The Bertz CT molecular complexity index is 1360. The van der Waals surface area contributed by atoms with Crippen LogP contribution < -0.4 is 5.19 Å². The predicted molar refractivity (Wildman–Crippen MR) is 140 cm³/mol. The third-order valence-corrected chi connectivity index (χ3v) is 10.3. The third kappa shape index (κ3) is 4.82. The van der Waals surface area contributed by atoms with Crippen molar-refractivity contribution in [2.24, 2.45) is 0 Å². The van der Waals surface area contributed by atoms with Crippen molar-refractivity contribution in [2.75, 3.05) is 0 Å².